The van der Waals surface area contributed by atoms with Crippen molar-refractivity contribution >= 4 is 23.6 Å². The minimum atomic E-state index is -0.597. The lowest BCUT2D eigenvalue weighted by Crippen LogP contribution is -2.05. The number of nitrogens with zero attached hydrogens (tertiary/aromatic N) is 2. The number of nitro benzene ring substituents is 1. The van der Waals surface area contributed by atoms with E-state index < -0.39 is 10.9 Å². The maximum Gasteiger partial charge on any atom is 0.363 e. The number of benzene rings is 1. The van der Waals surface area contributed by atoms with Gasteiger partial charge in [0.2, 0.25) is 5.90 Å². The zero-order valence-corrected chi connectivity index (χ0v) is 10.6. The Bertz CT molecular complexity index is 757. The second-order valence-electron chi connectivity index (χ2n) is 4.16. The van der Waals surface area contributed by atoms with Gasteiger partial charge < -0.3 is 9.15 Å². The van der Waals surface area contributed by atoms with Crippen LogP contribution in [-0.4, -0.2) is 16.8 Å². The van der Waals surface area contributed by atoms with Crippen LogP contribution < -0.4 is 0 Å². The van der Waals surface area contributed by atoms with E-state index in [0.717, 1.165) is 0 Å². The molecule has 104 valence electrons. The highest BCUT2D eigenvalue weighted by atomic mass is 16.6. The standard InChI is InChI=1S/C14H8N2O5/c17-14-12(8-11-2-1-7-20-11)15-13(21-14)9-3-5-10(6-4-9)16(18)19/h1-8H/b12-8+. The number of carbonyl (C=O) groups is 1. The van der Waals surface area contributed by atoms with Crippen LogP contribution in [0.1, 0.15) is 11.3 Å². The molecule has 2 heterocycles. The minimum Gasteiger partial charge on any atom is -0.465 e. The van der Waals surface area contributed by atoms with E-state index in [-0.39, 0.29) is 17.3 Å². The fraction of sp³-hybridized carbons (Fsp3) is 0. The zero-order chi connectivity index (χ0) is 14.8. The van der Waals surface area contributed by atoms with E-state index in [0.29, 0.717) is 11.3 Å². The normalized spacial score (nSPS) is 15.9. The third kappa shape index (κ3) is 2.57. The number of cyclic esters (lactones) is 1. The molecule has 1 aromatic carbocycles. The highest BCUT2D eigenvalue weighted by molar-refractivity contribution is 6.12. The number of aliphatic imine (C=N–C) groups is 1. The highest BCUT2D eigenvalue weighted by Gasteiger charge is 2.24. The lowest BCUT2D eigenvalue weighted by atomic mass is 10.2. The molecular formula is C14H8N2O5. The van der Waals surface area contributed by atoms with Crippen LogP contribution >= 0.6 is 0 Å². The lowest BCUT2D eigenvalue weighted by Gasteiger charge is -1.98. The largest absolute Gasteiger partial charge is 0.465 e. The zero-order valence-electron chi connectivity index (χ0n) is 10.6. The summed E-state index contributed by atoms with van der Waals surface area (Å²) in [4.78, 5) is 25.8. The number of rotatable bonds is 3. The molecule has 0 atom stereocenters. The van der Waals surface area contributed by atoms with E-state index in [2.05, 4.69) is 4.99 Å². The number of carbonyl (C=O) groups excluding carboxylic acids is 1. The summed E-state index contributed by atoms with van der Waals surface area (Å²) in [5.74, 6) is -0.0110. The molecule has 0 aliphatic carbocycles. The molecule has 2 aromatic rings. The third-order valence-electron chi connectivity index (χ3n) is 2.77. The van der Waals surface area contributed by atoms with Gasteiger partial charge in [-0.3, -0.25) is 10.1 Å². The van der Waals surface area contributed by atoms with Gasteiger partial charge in [0.15, 0.2) is 5.70 Å². The molecule has 7 nitrogen and oxygen atoms in total. The van der Waals surface area contributed by atoms with Gasteiger partial charge in [-0.15, -0.1) is 0 Å². The molecule has 0 amide bonds. The van der Waals surface area contributed by atoms with E-state index in [9.17, 15) is 14.9 Å². The van der Waals surface area contributed by atoms with Crippen molar-refractivity contribution in [1.82, 2.24) is 0 Å². The van der Waals surface area contributed by atoms with E-state index in [1.165, 1.54) is 36.6 Å². The van der Waals surface area contributed by atoms with Crippen LogP contribution in [0.2, 0.25) is 0 Å². The number of furan rings is 1. The van der Waals surface area contributed by atoms with Crippen molar-refractivity contribution < 1.29 is 18.9 Å². The van der Waals surface area contributed by atoms with Gasteiger partial charge in [-0.1, -0.05) is 0 Å². The van der Waals surface area contributed by atoms with Crippen LogP contribution in [0, 0.1) is 10.1 Å². The average Bonchev–Trinajstić information content (AvgIpc) is 3.10. The number of hydrogen-bond acceptors (Lipinski definition) is 6. The number of esters is 1. The molecule has 0 saturated heterocycles. The first-order valence-corrected chi connectivity index (χ1v) is 5.94. The smallest absolute Gasteiger partial charge is 0.363 e. The van der Waals surface area contributed by atoms with Crippen LogP contribution in [0.4, 0.5) is 5.69 Å². The van der Waals surface area contributed by atoms with Crippen LogP contribution in [0.15, 0.2) is 57.8 Å². The molecule has 3 rings (SSSR count). The van der Waals surface area contributed by atoms with Crippen molar-refractivity contribution in [1.29, 1.82) is 0 Å². The molecule has 0 saturated carbocycles. The second kappa shape index (κ2) is 5.04. The quantitative estimate of drug-likeness (QED) is 0.373. The Kier molecular flexibility index (Phi) is 3.07. The van der Waals surface area contributed by atoms with Crippen molar-refractivity contribution in [3.8, 4) is 0 Å². The van der Waals surface area contributed by atoms with Crippen molar-refractivity contribution in [3.05, 3.63) is 69.8 Å². The summed E-state index contributed by atoms with van der Waals surface area (Å²) in [6, 6.07) is 8.95. The Labute approximate surface area is 118 Å². The van der Waals surface area contributed by atoms with E-state index >= 15 is 0 Å². The Morgan fingerprint density at radius 3 is 2.57 bits per heavy atom. The van der Waals surface area contributed by atoms with Gasteiger partial charge in [0.1, 0.15) is 5.76 Å². The minimum absolute atomic E-state index is 0.0463. The molecule has 1 aliphatic heterocycles. The first-order chi connectivity index (χ1) is 10.1. The van der Waals surface area contributed by atoms with Gasteiger partial charge in [-0.25, -0.2) is 9.79 Å². The molecule has 1 aliphatic rings. The van der Waals surface area contributed by atoms with Crippen molar-refractivity contribution in [3.63, 3.8) is 0 Å². The molecule has 0 unspecified atom stereocenters. The fourth-order valence-electron chi connectivity index (χ4n) is 1.77. The van der Waals surface area contributed by atoms with Crippen molar-refractivity contribution in [2.45, 2.75) is 0 Å². The first kappa shape index (κ1) is 12.8. The predicted octanol–water partition coefficient (Wildman–Crippen LogP) is 2.53. The van der Waals surface area contributed by atoms with E-state index in [1.807, 2.05) is 0 Å². The van der Waals surface area contributed by atoms with Gasteiger partial charge in [-0.05, 0) is 24.3 Å². The average molecular weight is 284 g/mol. The monoisotopic (exact) mass is 284 g/mol. The van der Waals surface area contributed by atoms with Crippen LogP contribution in [0.5, 0.6) is 0 Å². The molecule has 0 radical (unpaired) electrons. The van der Waals surface area contributed by atoms with Gasteiger partial charge in [0, 0.05) is 23.8 Å². The summed E-state index contributed by atoms with van der Waals surface area (Å²) in [6.07, 6.45) is 2.94. The van der Waals surface area contributed by atoms with Crippen LogP contribution in [0.3, 0.4) is 0 Å². The maximum absolute atomic E-state index is 11.7. The van der Waals surface area contributed by atoms with Crippen LogP contribution in [-0.2, 0) is 9.53 Å². The topological polar surface area (TPSA) is 94.9 Å². The molecule has 21 heavy (non-hydrogen) atoms. The van der Waals surface area contributed by atoms with Crippen LogP contribution in [0.25, 0.3) is 6.08 Å². The number of ether oxygens (including phenoxy) is 1. The number of nitro groups is 1. The molecule has 0 bridgehead atoms. The van der Waals surface area contributed by atoms with Gasteiger partial charge in [0.25, 0.3) is 5.69 Å². The molecule has 0 N–H and O–H groups in total. The molecular weight excluding hydrogens is 276 g/mol. The summed E-state index contributed by atoms with van der Waals surface area (Å²) < 4.78 is 10.1. The summed E-state index contributed by atoms with van der Waals surface area (Å²) >= 11 is 0. The third-order valence-corrected chi connectivity index (χ3v) is 2.77. The predicted molar refractivity (Wildman–Crippen MR) is 72.4 cm³/mol. The molecule has 7 heteroatoms. The summed E-state index contributed by atoms with van der Waals surface area (Å²) in [5.41, 5.74) is 0.546. The van der Waals surface area contributed by atoms with E-state index in [1.54, 1.807) is 12.1 Å². The number of hydrogen-bond donors (Lipinski definition) is 0. The first-order valence-electron chi connectivity index (χ1n) is 5.94. The van der Waals surface area contributed by atoms with Crippen molar-refractivity contribution in [2.75, 3.05) is 0 Å². The molecule has 0 spiro atoms. The Hall–Kier alpha value is -3.22. The fourth-order valence-corrected chi connectivity index (χ4v) is 1.77. The summed E-state index contributed by atoms with van der Waals surface area (Å²) in [6.45, 7) is 0. The number of non-ortho nitro benzene ring substituents is 1. The summed E-state index contributed by atoms with van der Waals surface area (Å²) in [7, 11) is 0. The molecule has 0 fully saturated rings. The van der Waals surface area contributed by atoms with Gasteiger partial charge in [0.05, 0.1) is 11.2 Å². The summed E-state index contributed by atoms with van der Waals surface area (Å²) in [5, 5.41) is 10.6. The maximum atomic E-state index is 11.7. The Morgan fingerprint density at radius 2 is 1.95 bits per heavy atom. The SMILES string of the molecule is O=C1OC(c2ccc([N+](=O)[O-])cc2)=N/C1=C/c1ccco1. The Balaban J connectivity index is 1.89. The molecule has 1 aromatic heterocycles. The van der Waals surface area contributed by atoms with Gasteiger partial charge in [-0.2, -0.15) is 0 Å². The Morgan fingerprint density at radius 1 is 1.19 bits per heavy atom. The highest BCUT2D eigenvalue weighted by Crippen LogP contribution is 2.20. The van der Waals surface area contributed by atoms with Crippen molar-refractivity contribution in [2.24, 2.45) is 4.99 Å². The van der Waals surface area contributed by atoms with E-state index in [4.69, 9.17) is 9.15 Å². The van der Waals surface area contributed by atoms with Gasteiger partial charge >= 0.3 is 5.97 Å². The second-order valence-corrected chi connectivity index (χ2v) is 4.16. The lowest BCUT2D eigenvalue weighted by molar-refractivity contribution is -0.384.